The number of nitrogens with zero attached hydrogens (tertiary/aromatic N) is 6. The van der Waals surface area contributed by atoms with Gasteiger partial charge in [-0.15, -0.1) is 0 Å². The lowest BCUT2D eigenvalue weighted by Crippen LogP contribution is -2.56. The van der Waals surface area contributed by atoms with E-state index in [0.717, 1.165) is 45.1 Å². The molecule has 3 aliphatic heterocycles. The first kappa shape index (κ1) is 27.8. The molecule has 42 heavy (non-hydrogen) atoms. The molecule has 11 nitrogen and oxygen atoms in total. The van der Waals surface area contributed by atoms with Crippen LogP contribution in [-0.2, 0) is 9.53 Å². The highest BCUT2D eigenvalue weighted by Gasteiger charge is 2.37. The Morgan fingerprint density at radius 3 is 2.60 bits per heavy atom. The zero-order valence-electron chi connectivity index (χ0n) is 23.0. The van der Waals surface area contributed by atoms with E-state index >= 15 is 0 Å². The topological polar surface area (TPSA) is 127 Å². The summed E-state index contributed by atoms with van der Waals surface area (Å²) in [5.74, 6) is 0.663. The van der Waals surface area contributed by atoms with E-state index in [-0.39, 0.29) is 24.4 Å². The van der Waals surface area contributed by atoms with E-state index in [2.05, 4.69) is 43.3 Å². The number of anilines is 3. The fourth-order valence-corrected chi connectivity index (χ4v) is 5.42. The van der Waals surface area contributed by atoms with Crippen molar-refractivity contribution in [2.75, 3.05) is 69.3 Å². The molecule has 0 aliphatic carbocycles. The summed E-state index contributed by atoms with van der Waals surface area (Å²) in [5.41, 5.74) is 2.88. The van der Waals surface area contributed by atoms with E-state index in [1.807, 2.05) is 12.1 Å². The standard InChI is InChI=1S/C30H32FN7O4/c31-25-15-38(29(40)17-39)16-27(25)42-26-6-1-20(13-21(26)14-32)30-33-8-7-28(35-30)34-22-2-4-23(5-3-22)36-9-11-37(12-10-36)24-18-41-19-24/h1-8,13,24-25,27,39H,9-12,15-19H2,(H,33,34,35)/t25-,27+/m0/s1. The van der Waals surface area contributed by atoms with Crippen LogP contribution < -0.4 is 15.0 Å². The van der Waals surface area contributed by atoms with Gasteiger partial charge in [0.2, 0.25) is 5.91 Å². The molecule has 1 amide bonds. The number of benzene rings is 2. The number of hydrogen-bond donors (Lipinski definition) is 2. The molecular formula is C30H32FN7O4. The molecule has 3 aliphatic rings. The molecule has 0 saturated carbocycles. The quantitative estimate of drug-likeness (QED) is 0.414. The largest absolute Gasteiger partial charge is 0.484 e. The zero-order valence-corrected chi connectivity index (χ0v) is 23.0. The number of aliphatic hydroxyl groups excluding tert-OH is 1. The van der Waals surface area contributed by atoms with Crippen LogP contribution >= 0.6 is 0 Å². The number of carbonyl (C=O) groups is 1. The van der Waals surface area contributed by atoms with Gasteiger partial charge in [0.1, 0.15) is 30.3 Å². The van der Waals surface area contributed by atoms with E-state index in [9.17, 15) is 14.4 Å². The Morgan fingerprint density at radius 2 is 1.90 bits per heavy atom. The minimum absolute atomic E-state index is 0.00211. The number of piperazine rings is 1. The number of nitriles is 1. The molecule has 2 aromatic carbocycles. The molecule has 3 aromatic rings. The van der Waals surface area contributed by atoms with Crippen molar-refractivity contribution in [3.63, 3.8) is 0 Å². The summed E-state index contributed by atoms with van der Waals surface area (Å²) in [6.45, 7) is 4.91. The van der Waals surface area contributed by atoms with Gasteiger partial charge in [-0.05, 0) is 48.5 Å². The number of aromatic nitrogens is 2. The van der Waals surface area contributed by atoms with E-state index in [0.29, 0.717) is 23.2 Å². The SMILES string of the molecule is N#Cc1cc(-c2nccc(Nc3ccc(N4CCN(C5COC5)CC4)cc3)n2)ccc1O[C@@H]1CN(C(=O)CO)C[C@@H]1F. The van der Waals surface area contributed by atoms with Crippen molar-refractivity contribution >= 4 is 23.1 Å². The van der Waals surface area contributed by atoms with E-state index in [1.54, 1.807) is 30.5 Å². The maximum absolute atomic E-state index is 14.5. The summed E-state index contributed by atoms with van der Waals surface area (Å²) in [4.78, 5) is 26.8. The molecular weight excluding hydrogens is 541 g/mol. The second-order valence-corrected chi connectivity index (χ2v) is 10.6. The Morgan fingerprint density at radius 1 is 1.12 bits per heavy atom. The van der Waals surface area contributed by atoms with E-state index in [4.69, 9.17) is 14.6 Å². The Bertz CT molecular complexity index is 1450. The molecule has 3 fully saturated rings. The van der Waals surface area contributed by atoms with Crippen LogP contribution in [0.3, 0.4) is 0 Å². The first-order valence-electron chi connectivity index (χ1n) is 14.0. The second-order valence-electron chi connectivity index (χ2n) is 10.6. The van der Waals surface area contributed by atoms with Gasteiger partial charge in [0, 0.05) is 49.3 Å². The highest BCUT2D eigenvalue weighted by Crippen LogP contribution is 2.29. The number of alkyl halides is 1. The van der Waals surface area contributed by atoms with E-state index in [1.165, 1.54) is 10.6 Å². The van der Waals surface area contributed by atoms with Gasteiger partial charge in [-0.25, -0.2) is 14.4 Å². The number of halogens is 1. The first-order valence-corrected chi connectivity index (χ1v) is 14.0. The molecule has 0 spiro atoms. The maximum Gasteiger partial charge on any atom is 0.248 e. The summed E-state index contributed by atoms with van der Waals surface area (Å²) < 4.78 is 25.6. The number of amides is 1. The Labute approximate surface area is 243 Å². The maximum atomic E-state index is 14.5. The van der Waals surface area contributed by atoms with Crippen molar-refractivity contribution in [3.8, 4) is 23.2 Å². The molecule has 0 radical (unpaired) electrons. The summed E-state index contributed by atoms with van der Waals surface area (Å²) in [5, 5.41) is 22.1. The average molecular weight is 574 g/mol. The predicted octanol–water partition coefficient (Wildman–Crippen LogP) is 2.20. The van der Waals surface area contributed by atoms with Gasteiger partial charge in [-0.1, -0.05) is 0 Å². The van der Waals surface area contributed by atoms with Gasteiger partial charge in [-0.3, -0.25) is 9.69 Å². The van der Waals surface area contributed by atoms with Crippen LogP contribution in [0.1, 0.15) is 5.56 Å². The first-order chi connectivity index (χ1) is 20.5. The zero-order chi connectivity index (χ0) is 29.1. The van der Waals surface area contributed by atoms with Crippen LogP contribution in [0.5, 0.6) is 5.75 Å². The molecule has 1 aromatic heterocycles. The fourth-order valence-electron chi connectivity index (χ4n) is 5.42. The minimum atomic E-state index is -1.43. The van der Waals surface area contributed by atoms with Gasteiger partial charge in [0.25, 0.3) is 0 Å². The van der Waals surface area contributed by atoms with Crippen molar-refractivity contribution in [2.24, 2.45) is 0 Å². The Kier molecular flexibility index (Phi) is 8.14. The molecule has 3 saturated heterocycles. The van der Waals surface area contributed by atoms with Crippen LogP contribution in [0.2, 0.25) is 0 Å². The molecule has 12 heteroatoms. The fraction of sp³-hybridized carbons (Fsp3) is 0.400. The molecule has 4 heterocycles. The Balaban J connectivity index is 1.09. The third-order valence-electron chi connectivity index (χ3n) is 7.93. The van der Waals surface area contributed by atoms with Crippen molar-refractivity contribution in [1.29, 1.82) is 5.26 Å². The highest BCUT2D eigenvalue weighted by molar-refractivity contribution is 5.77. The van der Waals surface area contributed by atoms with Crippen molar-refractivity contribution in [2.45, 2.75) is 18.3 Å². The smallest absolute Gasteiger partial charge is 0.248 e. The van der Waals surface area contributed by atoms with Gasteiger partial charge in [0.05, 0.1) is 37.9 Å². The summed E-state index contributed by atoms with van der Waals surface area (Å²) in [6.07, 6.45) is -0.716. The normalized spacial score (nSPS) is 21.1. The predicted molar refractivity (Wildman–Crippen MR) is 153 cm³/mol. The molecule has 2 N–H and O–H groups in total. The lowest BCUT2D eigenvalue weighted by Gasteiger charge is -2.43. The molecule has 2 atom stereocenters. The monoisotopic (exact) mass is 573 g/mol. The number of rotatable bonds is 8. The molecule has 0 unspecified atom stereocenters. The average Bonchev–Trinajstić information content (AvgIpc) is 3.36. The van der Waals surface area contributed by atoms with Crippen LogP contribution in [0.4, 0.5) is 21.6 Å². The Hall–Kier alpha value is -4.31. The number of hydrogen-bond acceptors (Lipinski definition) is 10. The summed E-state index contributed by atoms with van der Waals surface area (Å²) >= 11 is 0. The summed E-state index contributed by atoms with van der Waals surface area (Å²) in [7, 11) is 0. The second kappa shape index (κ2) is 12.3. The number of carbonyl (C=O) groups excluding carboxylic acids is 1. The van der Waals surface area contributed by atoms with Crippen LogP contribution in [0.25, 0.3) is 11.4 Å². The third-order valence-corrected chi connectivity index (χ3v) is 7.93. The third kappa shape index (κ3) is 5.99. The summed E-state index contributed by atoms with van der Waals surface area (Å²) in [6, 6.07) is 17.6. The lowest BCUT2D eigenvalue weighted by molar-refractivity contribution is -0.133. The number of ether oxygens (including phenoxy) is 2. The molecule has 218 valence electrons. The number of likely N-dealkylation sites (tertiary alicyclic amines) is 1. The van der Waals surface area contributed by atoms with Gasteiger partial charge >= 0.3 is 0 Å². The molecule has 6 rings (SSSR count). The van der Waals surface area contributed by atoms with Crippen molar-refractivity contribution < 1.29 is 23.8 Å². The van der Waals surface area contributed by atoms with Crippen LogP contribution in [-0.4, -0.2) is 108 Å². The van der Waals surface area contributed by atoms with Crippen molar-refractivity contribution in [3.05, 3.63) is 60.3 Å². The van der Waals surface area contributed by atoms with Gasteiger partial charge in [-0.2, -0.15) is 5.26 Å². The van der Waals surface area contributed by atoms with Crippen LogP contribution in [0.15, 0.2) is 54.7 Å². The van der Waals surface area contributed by atoms with Gasteiger partial charge in [0.15, 0.2) is 12.0 Å². The van der Waals surface area contributed by atoms with Crippen LogP contribution in [0, 0.1) is 11.3 Å². The number of nitrogens with one attached hydrogen (secondary N) is 1. The van der Waals surface area contributed by atoms with Crippen molar-refractivity contribution in [1.82, 2.24) is 19.8 Å². The number of aliphatic hydroxyl groups is 1. The highest BCUT2D eigenvalue weighted by atomic mass is 19.1. The lowest BCUT2D eigenvalue weighted by atomic mass is 10.1. The van der Waals surface area contributed by atoms with Gasteiger partial charge < -0.3 is 29.7 Å². The minimum Gasteiger partial charge on any atom is -0.484 e. The molecule has 0 bridgehead atoms. The van der Waals surface area contributed by atoms with E-state index < -0.39 is 24.8 Å².